The topological polar surface area (TPSA) is 51.2 Å². The number of carbonyl (C=O) groups excluding carboxylic acids is 1. The second-order valence-electron chi connectivity index (χ2n) is 2.21. The van der Waals surface area contributed by atoms with Gasteiger partial charge in [-0.15, -0.1) is 0 Å². The second-order valence-corrected chi connectivity index (χ2v) is 2.21. The first-order valence-electron chi connectivity index (χ1n) is 3.60. The van der Waals surface area contributed by atoms with Gasteiger partial charge in [0, 0.05) is 12.3 Å². The van der Waals surface area contributed by atoms with Gasteiger partial charge in [0.2, 0.25) is 12.3 Å². The Morgan fingerprint density at radius 1 is 1.67 bits per heavy atom. The third kappa shape index (κ3) is 2.57. The number of ether oxygens (including phenoxy) is 1. The summed E-state index contributed by atoms with van der Waals surface area (Å²) in [4.78, 5) is 13.9. The minimum absolute atomic E-state index is 0.350. The van der Waals surface area contributed by atoms with Gasteiger partial charge < -0.3 is 10.1 Å². The summed E-state index contributed by atoms with van der Waals surface area (Å²) in [5.74, 6) is 0.499. The molecular weight excluding hydrogens is 156 g/mol. The van der Waals surface area contributed by atoms with Crippen LogP contribution < -0.4 is 10.1 Å². The molecule has 0 aliphatic rings. The van der Waals surface area contributed by atoms with Gasteiger partial charge in [-0.25, -0.2) is 4.98 Å². The van der Waals surface area contributed by atoms with Crippen molar-refractivity contribution in [2.24, 2.45) is 0 Å². The van der Waals surface area contributed by atoms with E-state index in [0.29, 0.717) is 12.3 Å². The third-order valence-corrected chi connectivity index (χ3v) is 1.24. The Kier molecular flexibility index (Phi) is 3.07. The molecule has 1 heterocycles. The molecule has 4 heteroatoms. The Balaban J connectivity index is 2.46. The average molecular weight is 166 g/mol. The highest BCUT2D eigenvalue weighted by Gasteiger charge is 2.00. The van der Waals surface area contributed by atoms with Crippen LogP contribution in [0.25, 0.3) is 0 Å². The van der Waals surface area contributed by atoms with Gasteiger partial charge in [-0.1, -0.05) is 6.07 Å². The number of carbonyl (C=O) groups is 1. The molecule has 0 radical (unpaired) electrons. The number of aromatic nitrogens is 1. The largest absolute Gasteiger partial charge is 0.454 e. The highest BCUT2D eigenvalue weighted by atomic mass is 16.5. The summed E-state index contributed by atoms with van der Waals surface area (Å²) in [6.07, 6.45) is 1.87. The van der Waals surface area contributed by atoms with E-state index in [1.807, 2.05) is 6.07 Å². The molecule has 1 N–H and O–H groups in total. The molecule has 0 aromatic carbocycles. The molecule has 1 amide bonds. The number of amides is 1. The van der Waals surface area contributed by atoms with Crippen LogP contribution in [0.5, 0.6) is 5.88 Å². The van der Waals surface area contributed by atoms with Gasteiger partial charge in [-0.05, 0) is 13.0 Å². The summed E-state index contributed by atoms with van der Waals surface area (Å²) >= 11 is 0. The van der Waals surface area contributed by atoms with Crippen molar-refractivity contribution in [3.8, 4) is 5.88 Å². The normalized spacial score (nSPS) is 11.8. The first-order chi connectivity index (χ1) is 5.83. The molecule has 0 fully saturated rings. The van der Waals surface area contributed by atoms with Gasteiger partial charge in [0.1, 0.15) is 0 Å². The van der Waals surface area contributed by atoms with Crippen LogP contribution >= 0.6 is 0 Å². The van der Waals surface area contributed by atoms with Crippen LogP contribution in [-0.2, 0) is 4.79 Å². The number of nitrogens with zero attached hydrogens (tertiary/aromatic N) is 1. The second kappa shape index (κ2) is 4.33. The van der Waals surface area contributed by atoms with Crippen LogP contribution in [0.2, 0.25) is 0 Å². The summed E-state index contributed by atoms with van der Waals surface area (Å²) in [7, 11) is 0. The molecule has 0 aliphatic heterocycles. The Morgan fingerprint density at radius 2 is 2.50 bits per heavy atom. The van der Waals surface area contributed by atoms with Crippen molar-refractivity contribution in [1.29, 1.82) is 0 Å². The number of pyridine rings is 1. The van der Waals surface area contributed by atoms with Crippen molar-refractivity contribution in [2.75, 3.05) is 0 Å². The molecule has 1 unspecified atom stereocenters. The fourth-order valence-electron chi connectivity index (χ4n) is 0.728. The van der Waals surface area contributed by atoms with Crippen LogP contribution in [0.3, 0.4) is 0 Å². The molecule has 0 spiro atoms. The average Bonchev–Trinajstić information content (AvgIpc) is 2.06. The zero-order chi connectivity index (χ0) is 8.81. The van der Waals surface area contributed by atoms with Crippen molar-refractivity contribution >= 4 is 6.41 Å². The van der Waals surface area contributed by atoms with Gasteiger partial charge in [0.15, 0.2) is 6.23 Å². The maximum atomic E-state index is 9.99. The van der Waals surface area contributed by atoms with Crippen LogP contribution in [0.1, 0.15) is 6.92 Å². The predicted molar refractivity (Wildman–Crippen MR) is 43.5 cm³/mol. The Labute approximate surface area is 70.6 Å². The van der Waals surface area contributed by atoms with E-state index in [-0.39, 0.29) is 6.23 Å². The Bertz CT molecular complexity index is 238. The summed E-state index contributed by atoms with van der Waals surface area (Å²) < 4.78 is 5.20. The van der Waals surface area contributed by atoms with Gasteiger partial charge in [0.05, 0.1) is 0 Å². The zero-order valence-corrected chi connectivity index (χ0v) is 6.73. The predicted octanol–water partition coefficient (Wildman–Crippen LogP) is 0.552. The van der Waals surface area contributed by atoms with Gasteiger partial charge in [-0.3, -0.25) is 4.79 Å². The van der Waals surface area contributed by atoms with Crippen LogP contribution in [-0.4, -0.2) is 17.6 Å². The SMILES string of the molecule is CC(NC=O)Oc1ccccn1. The quantitative estimate of drug-likeness (QED) is 0.525. The van der Waals surface area contributed by atoms with E-state index in [1.54, 1.807) is 25.3 Å². The number of hydrogen-bond donors (Lipinski definition) is 1. The summed E-state index contributed by atoms with van der Waals surface area (Å²) in [6, 6.07) is 5.34. The lowest BCUT2D eigenvalue weighted by atomic mass is 10.5. The molecule has 0 bridgehead atoms. The van der Waals surface area contributed by atoms with E-state index in [9.17, 15) is 4.79 Å². The Hall–Kier alpha value is -1.58. The van der Waals surface area contributed by atoms with Gasteiger partial charge >= 0.3 is 0 Å². The maximum Gasteiger partial charge on any atom is 0.215 e. The lowest BCUT2D eigenvalue weighted by Crippen LogP contribution is -2.30. The van der Waals surface area contributed by atoms with E-state index < -0.39 is 0 Å². The minimum atomic E-state index is -0.350. The molecule has 1 aromatic heterocycles. The van der Waals surface area contributed by atoms with Crippen LogP contribution in [0.15, 0.2) is 24.4 Å². The van der Waals surface area contributed by atoms with Crippen molar-refractivity contribution in [3.63, 3.8) is 0 Å². The van der Waals surface area contributed by atoms with E-state index in [0.717, 1.165) is 0 Å². The van der Waals surface area contributed by atoms with Gasteiger partial charge in [0.25, 0.3) is 0 Å². The first kappa shape index (κ1) is 8.52. The van der Waals surface area contributed by atoms with Crippen LogP contribution in [0, 0.1) is 0 Å². The summed E-state index contributed by atoms with van der Waals surface area (Å²) in [6.45, 7) is 1.73. The molecule has 0 aliphatic carbocycles. The third-order valence-electron chi connectivity index (χ3n) is 1.24. The van der Waals surface area contributed by atoms with Crippen molar-refractivity contribution in [2.45, 2.75) is 13.2 Å². The minimum Gasteiger partial charge on any atom is -0.454 e. The maximum absolute atomic E-state index is 9.99. The molecule has 1 aromatic rings. The molecule has 1 rings (SSSR count). The lowest BCUT2D eigenvalue weighted by Gasteiger charge is -2.11. The molecule has 1 atom stereocenters. The van der Waals surface area contributed by atoms with Crippen molar-refractivity contribution in [3.05, 3.63) is 24.4 Å². The molecule has 4 nitrogen and oxygen atoms in total. The summed E-state index contributed by atoms with van der Waals surface area (Å²) in [5, 5.41) is 2.45. The van der Waals surface area contributed by atoms with E-state index >= 15 is 0 Å². The highest BCUT2D eigenvalue weighted by molar-refractivity contribution is 5.46. The zero-order valence-electron chi connectivity index (χ0n) is 6.73. The molecule has 0 saturated heterocycles. The number of hydrogen-bond acceptors (Lipinski definition) is 3. The highest BCUT2D eigenvalue weighted by Crippen LogP contribution is 2.04. The van der Waals surface area contributed by atoms with Crippen molar-refractivity contribution < 1.29 is 9.53 Å². The van der Waals surface area contributed by atoms with E-state index in [1.165, 1.54) is 0 Å². The smallest absolute Gasteiger partial charge is 0.215 e. The van der Waals surface area contributed by atoms with E-state index in [4.69, 9.17) is 4.74 Å². The standard InChI is InChI=1S/C8H10N2O2/c1-7(10-6-11)12-8-4-2-3-5-9-8/h2-7H,1H3,(H,10,11). The monoisotopic (exact) mass is 166 g/mol. The fraction of sp³-hybridized carbons (Fsp3) is 0.250. The van der Waals surface area contributed by atoms with E-state index in [2.05, 4.69) is 10.3 Å². The molecular formula is C8H10N2O2. The number of rotatable bonds is 4. The first-order valence-corrected chi connectivity index (χ1v) is 3.60. The lowest BCUT2D eigenvalue weighted by molar-refractivity contribution is -0.111. The van der Waals surface area contributed by atoms with Crippen LogP contribution in [0.4, 0.5) is 0 Å². The van der Waals surface area contributed by atoms with Crippen molar-refractivity contribution in [1.82, 2.24) is 10.3 Å². The summed E-state index contributed by atoms with van der Waals surface area (Å²) in [5.41, 5.74) is 0. The van der Waals surface area contributed by atoms with Gasteiger partial charge in [-0.2, -0.15) is 0 Å². The molecule has 12 heavy (non-hydrogen) atoms. The molecule has 64 valence electrons. The Morgan fingerprint density at radius 3 is 3.08 bits per heavy atom. The fourth-order valence-corrected chi connectivity index (χ4v) is 0.728. The molecule has 0 saturated carbocycles. The number of nitrogens with one attached hydrogen (secondary N) is 1.